The largest absolute Gasteiger partial charge is 0.366 e. The predicted molar refractivity (Wildman–Crippen MR) is 92.6 cm³/mol. The highest BCUT2D eigenvalue weighted by atomic mass is 32.1. The van der Waals surface area contributed by atoms with Crippen LogP contribution in [0.5, 0.6) is 0 Å². The summed E-state index contributed by atoms with van der Waals surface area (Å²) in [7, 11) is 0. The zero-order valence-electron chi connectivity index (χ0n) is 12.5. The van der Waals surface area contributed by atoms with Crippen molar-refractivity contribution in [1.29, 1.82) is 0 Å². The van der Waals surface area contributed by atoms with E-state index in [4.69, 9.17) is 5.73 Å². The van der Waals surface area contributed by atoms with Crippen LogP contribution in [0.3, 0.4) is 0 Å². The Morgan fingerprint density at radius 1 is 0.958 bits per heavy atom. The molecule has 0 aliphatic heterocycles. The summed E-state index contributed by atoms with van der Waals surface area (Å²) in [5.41, 5.74) is 6.39. The number of nitrogens with two attached hydrogens (primary N) is 1. The van der Waals surface area contributed by atoms with Crippen LogP contribution in [0.4, 0.5) is 9.39 Å². The number of anilines is 1. The van der Waals surface area contributed by atoms with E-state index in [1.165, 1.54) is 29.5 Å². The van der Waals surface area contributed by atoms with Crippen molar-refractivity contribution in [2.75, 3.05) is 5.32 Å². The summed E-state index contributed by atoms with van der Waals surface area (Å²) in [5.74, 6) is -1.91. The number of benzene rings is 2. The standard InChI is InChI=1S/C18H13FN2O2S/c19-14-9-5-4-8-12(14)17(23)21-18-13(16(20)22)10-15(24-18)11-6-2-1-3-7-11/h1-10H,(H2,20,22)(H,21,23). The molecule has 1 heterocycles. The van der Waals surface area contributed by atoms with E-state index in [2.05, 4.69) is 5.32 Å². The van der Waals surface area contributed by atoms with Gasteiger partial charge >= 0.3 is 0 Å². The molecule has 0 unspecified atom stereocenters. The van der Waals surface area contributed by atoms with E-state index in [1.807, 2.05) is 30.3 Å². The summed E-state index contributed by atoms with van der Waals surface area (Å²) in [6.07, 6.45) is 0. The molecule has 6 heteroatoms. The summed E-state index contributed by atoms with van der Waals surface area (Å²) >= 11 is 1.21. The van der Waals surface area contributed by atoms with Gasteiger partial charge in [-0.3, -0.25) is 9.59 Å². The summed E-state index contributed by atoms with van der Waals surface area (Å²) in [6, 6.07) is 16.7. The first-order valence-electron chi connectivity index (χ1n) is 7.11. The lowest BCUT2D eigenvalue weighted by molar-refractivity contribution is 0.100. The number of carbonyl (C=O) groups excluding carboxylic acids is 2. The Hall–Kier alpha value is -2.99. The first kappa shape index (κ1) is 15.9. The SMILES string of the molecule is NC(=O)c1cc(-c2ccccc2)sc1NC(=O)c1ccccc1F. The van der Waals surface area contributed by atoms with Crippen LogP contribution in [0, 0.1) is 5.82 Å². The Balaban J connectivity index is 1.96. The summed E-state index contributed by atoms with van der Waals surface area (Å²) in [4.78, 5) is 24.7. The lowest BCUT2D eigenvalue weighted by Gasteiger charge is -2.05. The van der Waals surface area contributed by atoms with Crippen molar-refractivity contribution in [3.05, 3.63) is 77.6 Å². The topological polar surface area (TPSA) is 72.2 Å². The zero-order valence-corrected chi connectivity index (χ0v) is 13.3. The highest BCUT2D eigenvalue weighted by molar-refractivity contribution is 7.20. The van der Waals surface area contributed by atoms with Crippen molar-refractivity contribution in [3.63, 3.8) is 0 Å². The van der Waals surface area contributed by atoms with Gasteiger partial charge in [0.25, 0.3) is 11.8 Å². The van der Waals surface area contributed by atoms with Gasteiger partial charge in [0, 0.05) is 4.88 Å². The van der Waals surface area contributed by atoms with Gasteiger partial charge < -0.3 is 11.1 Å². The van der Waals surface area contributed by atoms with E-state index in [0.717, 1.165) is 10.4 Å². The minimum atomic E-state index is -0.655. The first-order chi connectivity index (χ1) is 11.6. The summed E-state index contributed by atoms with van der Waals surface area (Å²) < 4.78 is 13.7. The quantitative estimate of drug-likeness (QED) is 0.756. The normalized spacial score (nSPS) is 10.4. The fraction of sp³-hybridized carbons (Fsp3) is 0. The third kappa shape index (κ3) is 3.18. The van der Waals surface area contributed by atoms with Crippen molar-refractivity contribution < 1.29 is 14.0 Å². The number of primary amides is 1. The summed E-state index contributed by atoms with van der Waals surface area (Å²) in [6.45, 7) is 0. The predicted octanol–water partition coefficient (Wildman–Crippen LogP) is 3.91. The molecule has 3 N–H and O–H groups in total. The van der Waals surface area contributed by atoms with Crippen LogP contribution in [0.1, 0.15) is 20.7 Å². The number of amides is 2. The number of halogens is 1. The molecule has 0 spiro atoms. The smallest absolute Gasteiger partial charge is 0.259 e. The van der Waals surface area contributed by atoms with Gasteiger partial charge in [0.05, 0.1) is 11.1 Å². The van der Waals surface area contributed by atoms with Gasteiger partial charge in [0.2, 0.25) is 0 Å². The van der Waals surface area contributed by atoms with Gasteiger partial charge in [0.1, 0.15) is 10.8 Å². The van der Waals surface area contributed by atoms with Crippen LogP contribution in [-0.2, 0) is 0 Å². The first-order valence-corrected chi connectivity index (χ1v) is 7.93. The molecule has 4 nitrogen and oxygen atoms in total. The molecule has 120 valence electrons. The van der Waals surface area contributed by atoms with E-state index in [-0.39, 0.29) is 11.1 Å². The van der Waals surface area contributed by atoms with Crippen LogP contribution in [0.2, 0.25) is 0 Å². The maximum Gasteiger partial charge on any atom is 0.259 e. The van der Waals surface area contributed by atoms with Crippen molar-refractivity contribution in [3.8, 4) is 10.4 Å². The van der Waals surface area contributed by atoms with Gasteiger partial charge in [-0.1, -0.05) is 42.5 Å². The second-order valence-electron chi connectivity index (χ2n) is 5.02. The summed E-state index contributed by atoms with van der Waals surface area (Å²) in [5, 5.41) is 2.88. The number of rotatable bonds is 4. The molecular formula is C18H13FN2O2S. The maximum atomic E-state index is 13.7. The monoisotopic (exact) mass is 340 g/mol. The van der Waals surface area contributed by atoms with Gasteiger partial charge in [0.15, 0.2) is 0 Å². The van der Waals surface area contributed by atoms with E-state index in [9.17, 15) is 14.0 Å². The Bertz CT molecular complexity index is 906. The number of carbonyl (C=O) groups is 2. The van der Waals surface area contributed by atoms with Gasteiger partial charge in [-0.25, -0.2) is 4.39 Å². The van der Waals surface area contributed by atoms with E-state index in [1.54, 1.807) is 12.1 Å². The molecule has 0 aliphatic carbocycles. The maximum absolute atomic E-state index is 13.7. The molecule has 0 bridgehead atoms. The molecule has 0 saturated carbocycles. The molecule has 0 fully saturated rings. The molecule has 0 aliphatic rings. The molecule has 3 rings (SSSR count). The number of thiophene rings is 1. The molecule has 2 aromatic carbocycles. The third-order valence-electron chi connectivity index (χ3n) is 3.40. The lowest BCUT2D eigenvalue weighted by Crippen LogP contribution is -2.17. The number of hydrogen-bond acceptors (Lipinski definition) is 3. The average molecular weight is 340 g/mol. The molecule has 3 aromatic rings. The van der Waals surface area contributed by atoms with E-state index in [0.29, 0.717) is 5.00 Å². The fourth-order valence-corrected chi connectivity index (χ4v) is 3.29. The second kappa shape index (κ2) is 6.64. The molecule has 24 heavy (non-hydrogen) atoms. The van der Waals surface area contributed by atoms with E-state index >= 15 is 0 Å². The van der Waals surface area contributed by atoms with Crippen LogP contribution in [0.25, 0.3) is 10.4 Å². The van der Waals surface area contributed by atoms with Crippen molar-refractivity contribution in [2.45, 2.75) is 0 Å². The molecular weight excluding hydrogens is 327 g/mol. The molecule has 2 amide bonds. The van der Waals surface area contributed by atoms with Crippen LogP contribution >= 0.6 is 11.3 Å². The van der Waals surface area contributed by atoms with Crippen molar-refractivity contribution >= 4 is 28.2 Å². The number of nitrogens with one attached hydrogen (secondary N) is 1. The second-order valence-corrected chi connectivity index (χ2v) is 6.07. The Kier molecular flexibility index (Phi) is 4.39. The fourth-order valence-electron chi connectivity index (χ4n) is 2.23. The van der Waals surface area contributed by atoms with Crippen LogP contribution in [-0.4, -0.2) is 11.8 Å². The minimum absolute atomic E-state index is 0.0948. The Morgan fingerprint density at radius 2 is 1.62 bits per heavy atom. The molecule has 0 radical (unpaired) electrons. The Labute approximate surface area is 141 Å². The third-order valence-corrected chi connectivity index (χ3v) is 4.50. The van der Waals surface area contributed by atoms with Gasteiger partial charge in [-0.05, 0) is 23.8 Å². The van der Waals surface area contributed by atoms with Crippen LogP contribution in [0.15, 0.2) is 60.7 Å². The van der Waals surface area contributed by atoms with Gasteiger partial charge in [-0.2, -0.15) is 0 Å². The zero-order chi connectivity index (χ0) is 17.1. The molecule has 1 aromatic heterocycles. The van der Waals surface area contributed by atoms with Crippen LogP contribution < -0.4 is 11.1 Å². The number of hydrogen-bond donors (Lipinski definition) is 2. The highest BCUT2D eigenvalue weighted by Crippen LogP contribution is 2.35. The Morgan fingerprint density at radius 3 is 2.29 bits per heavy atom. The molecule has 0 saturated heterocycles. The van der Waals surface area contributed by atoms with Crippen molar-refractivity contribution in [2.24, 2.45) is 5.73 Å². The average Bonchev–Trinajstić information content (AvgIpc) is 3.00. The van der Waals surface area contributed by atoms with Crippen molar-refractivity contribution in [1.82, 2.24) is 0 Å². The highest BCUT2D eigenvalue weighted by Gasteiger charge is 2.19. The molecule has 0 atom stereocenters. The lowest BCUT2D eigenvalue weighted by atomic mass is 10.1. The van der Waals surface area contributed by atoms with Gasteiger partial charge in [-0.15, -0.1) is 11.3 Å². The minimum Gasteiger partial charge on any atom is -0.366 e. The van der Waals surface area contributed by atoms with E-state index < -0.39 is 17.6 Å².